The Kier molecular flexibility index (Phi) is 2.30. The van der Waals surface area contributed by atoms with Crippen LogP contribution in [0.5, 0.6) is 0 Å². The van der Waals surface area contributed by atoms with Gasteiger partial charge in [0.05, 0.1) is 0 Å². The van der Waals surface area contributed by atoms with Crippen LogP contribution in [0.15, 0.2) is 18.2 Å². The Hall–Kier alpha value is -1.55. The molecule has 5 N–H and O–H groups in total. The Labute approximate surface area is 70.5 Å². The van der Waals surface area contributed by atoms with E-state index in [-0.39, 0.29) is 5.91 Å². The number of nitrogen functional groups attached to an aromatic ring is 2. The van der Waals surface area contributed by atoms with E-state index in [0.29, 0.717) is 11.3 Å². The van der Waals surface area contributed by atoms with Crippen LogP contribution >= 0.6 is 0 Å². The molecule has 1 amide bonds. The number of hydrazine groups is 1. The first kappa shape index (κ1) is 8.55. The molecule has 12 heavy (non-hydrogen) atoms. The van der Waals surface area contributed by atoms with Crippen LogP contribution in [0.3, 0.4) is 0 Å². The molecule has 0 aliphatic rings. The topological polar surface area (TPSA) is 81.1 Å². The third-order valence-electron chi connectivity index (χ3n) is 1.63. The molecule has 4 nitrogen and oxygen atoms in total. The average Bonchev–Trinajstić information content (AvgIpc) is 2.03. The maximum absolute atomic E-state index is 11.1. The average molecular weight is 165 g/mol. The summed E-state index contributed by atoms with van der Waals surface area (Å²) in [6.07, 6.45) is 0. The molecule has 0 aliphatic carbocycles. The number of nitrogens with one attached hydrogen (secondary N) is 1. The van der Waals surface area contributed by atoms with Crippen LogP contribution in [0, 0.1) is 6.92 Å². The zero-order valence-corrected chi connectivity index (χ0v) is 6.79. The van der Waals surface area contributed by atoms with E-state index in [1.165, 1.54) is 0 Å². The molecule has 0 bridgehead atoms. The second-order valence-electron chi connectivity index (χ2n) is 2.55. The van der Waals surface area contributed by atoms with Crippen LogP contribution in [-0.4, -0.2) is 5.91 Å². The molecule has 1 aromatic carbocycles. The van der Waals surface area contributed by atoms with Gasteiger partial charge in [-0.25, -0.2) is 5.84 Å². The van der Waals surface area contributed by atoms with Gasteiger partial charge < -0.3 is 5.73 Å². The van der Waals surface area contributed by atoms with E-state index in [0.717, 1.165) is 5.56 Å². The fourth-order valence-electron chi connectivity index (χ4n) is 1.02. The van der Waals surface area contributed by atoms with E-state index in [2.05, 4.69) is 5.43 Å². The summed E-state index contributed by atoms with van der Waals surface area (Å²) < 4.78 is 0. The number of anilines is 1. The third-order valence-corrected chi connectivity index (χ3v) is 1.63. The maximum Gasteiger partial charge on any atom is 0.265 e. The lowest BCUT2D eigenvalue weighted by molar-refractivity contribution is 0.0953. The highest BCUT2D eigenvalue weighted by molar-refractivity contribution is 5.95. The Morgan fingerprint density at radius 3 is 2.67 bits per heavy atom. The van der Waals surface area contributed by atoms with Gasteiger partial charge in [0, 0.05) is 11.3 Å². The fraction of sp³-hybridized carbons (Fsp3) is 0.125. The summed E-state index contributed by atoms with van der Waals surface area (Å²) in [6.45, 7) is 1.81. The summed E-state index contributed by atoms with van der Waals surface area (Å²) in [7, 11) is 0. The summed E-state index contributed by atoms with van der Waals surface area (Å²) in [4.78, 5) is 11.1. The zero-order chi connectivity index (χ0) is 9.14. The highest BCUT2D eigenvalue weighted by atomic mass is 16.2. The van der Waals surface area contributed by atoms with E-state index >= 15 is 0 Å². The van der Waals surface area contributed by atoms with Crippen molar-refractivity contribution < 1.29 is 4.79 Å². The number of amides is 1. The SMILES string of the molecule is Cc1cc(N)ccc1C(=O)NN. The smallest absolute Gasteiger partial charge is 0.265 e. The number of carbonyl (C=O) groups is 1. The number of carbonyl (C=O) groups excluding carboxylic acids is 1. The number of aryl methyl sites for hydroxylation is 1. The predicted molar refractivity (Wildman–Crippen MR) is 47.2 cm³/mol. The molecule has 0 fully saturated rings. The van der Waals surface area contributed by atoms with Gasteiger partial charge in [0.25, 0.3) is 5.91 Å². The second-order valence-corrected chi connectivity index (χ2v) is 2.55. The third kappa shape index (κ3) is 1.54. The van der Waals surface area contributed by atoms with Crippen LogP contribution < -0.4 is 17.0 Å². The Bertz CT molecular complexity index is 309. The minimum Gasteiger partial charge on any atom is -0.399 e. The Morgan fingerprint density at radius 1 is 1.50 bits per heavy atom. The van der Waals surface area contributed by atoms with E-state index in [1.807, 2.05) is 0 Å². The molecule has 0 aromatic heterocycles. The Balaban J connectivity index is 3.09. The highest BCUT2D eigenvalue weighted by Crippen LogP contribution is 2.11. The van der Waals surface area contributed by atoms with Gasteiger partial charge in [0.2, 0.25) is 0 Å². The van der Waals surface area contributed by atoms with Crippen molar-refractivity contribution in [2.24, 2.45) is 5.84 Å². The molecular weight excluding hydrogens is 154 g/mol. The van der Waals surface area contributed by atoms with Gasteiger partial charge >= 0.3 is 0 Å². The molecule has 0 heterocycles. The lowest BCUT2D eigenvalue weighted by Crippen LogP contribution is -2.30. The summed E-state index contributed by atoms with van der Waals surface area (Å²) in [5.74, 6) is 4.68. The quantitative estimate of drug-likeness (QED) is 0.240. The summed E-state index contributed by atoms with van der Waals surface area (Å²) in [5, 5.41) is 0. The second kappa shape index (κ2) is 3.23. The number of hydrogen-bond acceptors (Lipinski definition) is 3. The fourth-order valence-corrected chi connectivity index (χ4v) is 1.02. The first-order valence-electron chi connectivity index (χ1n) is 3.52. The lowest BCUT2D eigenvalue weighted by Gasteiger charge is -2.03. The van der Waals surface area contributed by atoms with Crippen molar-refractivity contribution >= 4 is 11.6 Å². The van der Waals surface area contributed by atoms with Gasteiger partial charge in [-0.1, -0.05) is 0 Å². The number of benzene rings is 1. The molecule has 64 valence electrons. The minimum absolute atomic E-state index is 0.299. The van der Waals surface area contributed by atoms with Gasteiger partial charge in [0.1, 0.15) is 0 Å². The van der Waals surface area contributed by atoms with Gasteiger partial charge in [-0.15, -0.1) is 0 Å². The van der Waals surface area contributed by atoms with Crippen LogP contribution in [0.2, 0.25) is 0 Å². The van der Waals surface area contributed by atoms with Gasteiger partial charge in [-0.2, -0.15) is 0 Å². The van der Waals surface area contributed by atoms with Gasteiger partial charge in [0.15, 0.2) is 0 Å². The molecule has 0 saturated heterocycles. The van der Waals surface area contributed by atoms with Crippen molar-refractivity contribution in [1.29, 1.82) is 0 Å². The Morgan fingerprint density at radius 2 is 2.17 bits per heavy atom. The largest absolute Gasteiger partial charge is 0.399 e. The standard InChI is InChI=1S/C8H11N3O/c1-5-4-6(9)2-3-7(5)8(12)11-10/h2-4H,9-10H2,1H3,(H,11,12). The molecule has 0 unspecified atom stereocenters. The molecule has 0 radical (unpaired) electrons. The van der Waals surface area contributed by atoms with Crippen molar-refractivity contribution in [3.8, 4) is 0 Å². The highest BCUT2D eigenvalue weighted by Gasteiger charge is 2.05. The maximum atomic E-state index is 11.1. The monoisotopic (exact) mass is 165 g/mol. The summed E-state index contributed by atoms with van der Waals surface area (Å²) in [5.41, 5.74) is 9.57. The number of nitrogens with two attached hydrogens (primary N) is 2. The van der Waals surface area contributed by atoms with E-state index in [9.17, 15) is 4.79 Å². The van der Waals surface area contributed by atoms with Crippen molar-refractivity contribution in [2.45, 2.75) is 6.92 Å². The van der Waals surface area contributed by atoms with E-state index < -0.39 is 0 Å². The van der Waals surface area contributed by atoms with E-state index in [1.54, 1.807) is 25.1 Å². The predicted octanol–water partition coefficient (Wildman–Crippen LogP) is 0.181. The van der Waals surface area contributed by atoms with Crippen LogP contribution in [0.4, 0.5) is 5.69 Å². The molecule has 1 rings (SSSR count). The number of hydrogen-bond donors (Lipinski definition) is 3. The van der Waals surface area contributed by atoms with Crippen LogP contribution in [0.1, 0.15) is 15.9 Å². The van der Waals surface area contributed by atoms with E-state index in [4.69, 9.17) is 11.6 Å². The van der Waals surface area contributed by atoms with Crippen molar-refractivity contribution in [2.75, 3.05) is 5.73 Å². The first-order chi connectivity index (χ1) is 5.65. The van der Waals surface area contributed by atoms with Crippen molar-refractivity contribution in [1.82, 2.24) is 5.43 Å². The van der Waals surface area contributed by atoms with Crippen molar-refractivity contribution in [3.63, 3.8) is 0 Å². The molecule has 4 heteroatoms. The van der Waals surface area contributed by atoms with Crippen LogP contribution in [-0.2, 0) is 0 Å². The molecule has 0 spiro atoms. The zero-order valence-electron chi connectivity index (χ0n) is 6.79. The van der Waals surface area contributed by atoms with Crippen LogP contribution in [0.25, 0.3) is 0 Å². The first-order valence-corrected chi connectivity index (χ1v) is 3.52. The molecule has 0 saturated carbocycles. The normalized spacial score (nSPS) is 9.50. The van der Waals surface area contributed by atoms with Gasteiger partial charge in [-0.05, 0) is 30.7 Å². The molecule has 0 atom stereocenters. The molecule has 0 aliphatic heterocycles. The van der Waals surface area contributed by atoms with Crippen molar-refractivity contribution in [3.05, 3.63) is 29.3 Å². The summed E-state index contributed by atoms with van der Waals surface area (Å²) >= 11 is 0. The summed E-state index contributed by atoms with van der Waals surface area (Å²) in [6, 6.07) is 5.04. The number of rotatable bonds is 1. The van der Waals surface area contributed by atoms with Gasteiger partial charge in [-0.3, -0.25) is 10.2 Å². The lowest BCUT2D eigenvalue weighted by atomic mass is 10.1. The minimum atomic E-state index is -0.299. The molecule has 1 aromatic rings. The molecular formula is C8H11N3O.